The second-order valence-electron chi connectivity index (χ2n) is 3.66. The highest BCUT2D eigenvalue weighted by Crippen LogP contribution is 2.12. The SMILES string of the molecule is CN(Cc1cccc(Cl)c1)C(=O)CSCCO. The van der Waals surface area contributed by atoms with Crippen LogP contribution in [0.1, 0.15) is 5.56 Å². The fraction of sp³-hybridized carbons (Fsp3) is 0.417. The van der Waals surface area contributed by atoms with Crippen molar-refractivity contribution in [1.29, 1.82) is 0 Å². The van der Waals surface area contributed by atoms with E-state index >= 15 is 0 Å². The molecule has 0 radical (unpaired) electrons. The number of aliphatic hydroxyl groups excluding tert-OH is 1. The van der Waals surface area contributed by atoms with Crippen molar-refractivity contribution in [3.63, 3.8) is 0 Å². The maximum absolute atomic E-state index is 11.7. The van der Waals surface area contributed by atoms with Crippen molar-refractivity contribution in [3.8, 4) is 0 Å². The summed E-state index contributed by atoms with van der Waals surface area (Å²) in [6.45, 7) is 0.662. The van der Waals surface area contributed by atoms with Gasteiger partial charge >= 0.3 is 0 Å². The van der Waals surface area contributed by atoms with Crippen molar-refractivity contribution in [1.82, 2.24) is 4.90 Å². The van der Waals surface area contributed by atoms with Gasteiger partial charge in [-0.05, 0) is 17.7 Å². The molecule has 0 aliphatic heterocycles. The predicted octanol–water partition coefficient (Wildman–Crippen LogP) is 2.02. The molecule has 0 bridgehead atoms. The molecule has 0 fully saturated rings. The summed E-state index contributed by atoms with van der Waals surface area (Å²) in [5, 5.41) is 9.30. The van der Waals surface area contributed by atoms with Crippen LogP contribution in [0.5, 0.6) is 0 Å². The van der Waals surface area contributed by atoms with Crippen LogP contribution in [0.25, 0.3) is 0 Å². The summed E-state index contributed by atoms with van der Waals surface area (Å²) < 4.78 is 0. The average molecular weight is 274 g/mol. The van der Waals surface area contributed by atoms with Crippen molar-refractivity contribution in [3.05, 3.63) is 34.9 Å². The van der Waals surface area contributed by atoms with Gasteiger partial charge in [-0.1, -0.05) is 23.7 Å². The molecule has 0 saturated heterocycles. The van der Waals surface area contributed by atoms with Crippen molar-refractivity contribution >= 4 is 29.3 Å². The van der Waals surface area contributed by atoms with Gasteiger partial charge in [-0.3, -0.25) is 4.79 Å². The van der Waals surface area contributed by atoms with Gasteiger partial charge < -0.3 is 10.0 Å². The quantitative estimate of drug-likeness (QED) is 0.807. The molecule has 3 nitrogen and oxygen atoms in total. The molecule has 1 amide bonds. The molecule has 0 saturated carbocycles. The first-order valence-electron chi connectivity index (χ1n) is 5.30. The number of thioether (sulfide) groups is 1. The van der Waals surface area contributed by atoms with Gasteiger partial charge in [0.25, 0.3) is 0 Å². The first kappa shape index (κ1) is 14.4. The molecule has 17 heavy (non-hydrogen) atoms. The number of halogens is 1. The van der Waals surface area contributed by atoms with Gasteiger partial charge in [0.15, 0.2) is 0 Å². The molecular weight excluding hydrogens is 258 g/mol. The van der Waals surface area contributed by atoms with Crippen molar-refractivity contribution in [2.45, 2.75) is 6.54 Å². The van der Waals surface area contributed by atoms with Gasteiger partial charge in [0.2, 0.25) is 5.91 Å². The molecule has 0 spiro atoms. The molecule has 0 aromatic heterocycles. The van der Waals surface area contributed by atoms with Crippen LogP contribution >= 0.6 is 23.4 Å². The second-order valence-corrected chi connectivity index (χ2v) is 5.20. The Morgan fingerprint density at radius 3 is 2.94 bits per heavy atom. The summed E-state index contributed by atoms with van der Waals surface area (Å²) in [6.07, 6.45) is 0. The summed E-state index contributed by atoms with van der Waals surface area (Å²) in [6, 6.07) is 7.48. The molecule has 1 N–H and O–H groups in total. The topological polar surface area (TPSA) is 40.5 Å². The van der Waals surface area contributed by atoms with E-state index in [-0.39, 0.29) is 12.5 Å². The Labute approximate surface area is 111 Å². The van der Waals surface area contributed by atoms with Gasteiger partial charge in [-0.2, -0.15) is 0 Å². The third-order valence-electron chi connectivity index (χ3n) is 2.20. The Morgan fingerprint density at radius 2 is 2.29 bits per heavy atom. The molecule has 0 aliphatic rings. The zero-order chi connectivity index (χ0) is 12.7. The number of carbonyl (C=O) groups excluding carboxylic acids is 1. The van der Waals surface area contributed by atoms with Crippen LogP contribution in [0.2, 0.25) is 5.02 Å². The molecule has 94 valence electrons. The van der Waals surface area contributed by atoms with E-state index in [1.54, 1.807) is 11.9 Å². The predicted molar refractivity (Wildman–Crippen MR) is 72.3 cm³/mol. The number of rotatable bonds is 6. The summed E-state index contributed by atoms with van der Waals surface area (Å²) in [5.41, 5.74) is 1.01. The van der Waals surface area contributed by atoms with Gasteiger partial charge in [0.1, 0.15) is 0 Å². The minimum absolute atomic E-state index is 0.0587. The molecule has 1 aromatic carbocycles. The van der Waals surface area contributed by atoms with E-state index < -0.39 is 0 Å². The zero-order valence-electron chi connectivity index (χ0n) is 9.73. The number of carbonyl (C=O) groups is 1. The number of amides is 1. The van der Waals surface area contributed by atoms with Gasteiger partial charge in [0.05, 0.1) is 12.4 Å². The van der Waals surface area contributed by atoms with Crippen LogP contribution < -0.4 is 0 Å². The lowest BCUT2D eigenvalue weighted by molar-refractivity contribution is -0.127. The Balaban J connectivity index is 2.43. The van der Waals surface area contributed by atoms with Crippen LogP contribution in [-0.4, -0.2) is 41.1 Å². The maximum atomic E-state index is 11.7. The average Bonchev–Trinajstić information content (AvgIpc) is 2.29. The van der Waals surface area contributed by atoms with Crippen LogP contribution in [0.4, 0.5) is 0 Å². The lowest BCUT2D eigenvalue weighted by Gasteiger charge is -2.17. The molecular formula is C12H16ClNO2S. The van der Waals surface area contributed by atoms with Crippen molar-refractivity contribution in [2.75, 3.05) is 25.2 Å². The Kier molecular flexibility index (Phi) is 6.40. The standard InChI is InChI=1S/C12H16ClNO2S/c1-14(12(16)9-17-6-5-15)8-10-3-2-4-11(13)7-10/h2-4,7,15H,5-6,8-9H2,1H3. The van der Waals surface area contributed by atoms with Crippen molar-refractivity contribution in [2.24, 2.45) is 0 Å². The lowest BCUT2D eigenvalue weighted by Crippen LogP contribution is -2.28. The highest BCUT2D eigenvalue weighted by molar-refractivity contribution is 7.99. The molecule has 1 rings (SSSR count). The number of aliphatic hydroxyl groups is 1. The fourth-order valence-electron chi connectivity index (χ4n) is 1.33. The third kappa shape index (κ3) is 5.44. The Bertz CT molecular complexity index is 373. The summed E-state index contributed by atoms with van der Waals surface area (Å²) in [5.74, 6) is 1.05. The summed E-state index contributed by atoms with van der Waals surface area (Å²) >= 11 is 7.31. The van der Waals surface area contributed by atoms with E-state index in [1.165, 1.54) is 11.8 Å². The molecule has 0 heterocycles. The molecule has 0 unspecified atom stereocenters. The van der Waals surface area contributed by atoms with E-state index in [0.29, 0.717) is 23.1 Å². The summed E-state index contributed by atoms with van der Waals surface area (Å²) in [7, 11) is 1.77. The molecule has 5 heteroatoms. The number of hydrogen-bond donors (Lipinski definition) is 1. The van der Waals surface area contributed by atoms with E-state index in [2.05, 4.69) is 0 Å². The lowest BCUT2D eigenvalue weighted by atomic mass is 10.2. The Hall–Kier alpha value is -0.710. The number of benzene rings is 1. The van der Waals surface area contributed by atoms with E-state index in [4.69, 9.17) is 16.7 Å². The van der Waals surface area contributed by atoms with E-state index in [1.807, 2.05) is 24.3 Å². The van der Waals surface area contributed by atoms with Crippen molar-refractivity contribution < 1.29 is 9.90 Å². The number of hydrogen-bond acceptors (Lipinski definition) is 3. The first-order chi connectivity index (χ1) is 8.13. The van der Waals surface area contributed by atoms with Gasteiger partial charge in [0, 0.05) is 24.4 Å². The first-order valence-corrected chi connectivity index (χ1v) is 6.83. The molecule has 1 aromatic rings. The second kappa shape index (κ2) is 7.58. The fourth-order valence-corrected chi connectivity index (χ4v) is 2.21. The van der Waals surface area contributed by atoms with Gasteiger partial charge in [-0.15, -0.1) is 11.8 Å². The van der Waals surface area contributed by atoms with Crippen LogP contribution in [0.15, 0.2) is 24.3 Å². The minimum Gasteiger partial charge on any atom is -0.396 e. The van der Waals surface area contributed by atoms with Gasteiger partial charge in [-0.25, -0.2) is 0 Å². The largest absolute Gasteiger partial charge is 0.396 e. The van der Waals surface area contributed by atoms with Crippen LogP contribution in [0.3, 0.4) is 0 Å². The monoisotopic (exact) mass is 273 g/mol. The zero-order valence-corrected chi connectivity index (χ0v) is 11.3. The van der Waals surface area contributed by atoms with E-state index in [9.17, 15) is 4.79 Å². The molecule has 0 aliphatic carbocycles. The minimum atomic E-state index is 0.0587. The van der Waals surface area contributed by atoms with Crippen LogP contribution in [0, 0.1) is 0 Å². The number of nitrogens with zero attached hydrogens (tertiary/aromatic N) is 1. The normalized spacial score (nSPS) is 10.3. The van der Waals surface area contributed by atoms with E-state index in [0.717, 1.165) is 5.56 Å². The Morgan fingerprint density at radius 1 is 1.53 bits per heavy atom. The maximum Gasteiger partial charge on any atom is 0.232 e. The van der Waals surface area contributed by atoms with Crippen LogP contribution in [-0.2, 0) is 11.3 Å². The smallest absolute Gasteiger partial charge is 0.232 e. The summed E-state index contributed by atoms with van der Waals surface area (Å²) in [4.78, 5) is 13.4. The third-order valence-corrected chi connectivity index (χ3v) is 3.35. The highest BCUT2D eigenvalue weighted by atomic mass is 35.5. The highest BCUT2D eigenvalue weighted by Gasteiger charge is 2.09. The molecule has 0 atom stereocenters.